The standard InChI is InChI=1S/C19H18N2O5/c1-2-26-16-6-4-3-5-14(16)20-15-11-17(22)21(18(15)23)13-9-7-12(8-10-13)19(24)25/h3-10,15,20H,2,11H2,1H3,(H,24,25)/t15-/m1/s1. The molecular weight excluding hydrogens is 336 g/mol. The van der Waals surface area contributed by atoms with Crippen LogP contribution >= 0.6 is 0 Å². The monoisotopic (exact) mass is 354 g/mol. The molecule has 2 amide bonds. The molecule has 2 aromatic carbocycles. The van der Waals surface area contributed by atoms with Crippen molar-refractivity contribution < 1.29 is 24.2 Å². The molecule has 1 fully saturated rings. The molecule has 0 bridgehead atoms. The highest BCUT2D eigenvalue weighted by molar-refractivity contribution is 6.23. The van der Waals surface area contributed by atoms with Gasteiger partial charge < -0.3 is 15.2 Å². The number of nitrogens with one attached hydrogen (secondary N) is 1. The second-order valence-electron chi connectivity index (χ2n) is 5.75. The van der Waals surface area contributed by atoms with E-state index in [4.69, 9.17) is 9.84 Å². The number of anilines is 2. The van der Waals surface area contributed by atoms with Crippen LogP contribution in [-0.2, 0) is 9.59 Å². The minimum atomic E-state index is -1.07. The van der Waals surface area contributed by atoms with Crippen molar-refractivity contribution in [3.8, 4) is 5.75 Å². The van der Waals surface area contributed by atoms with Gasteiger partial charge in [-0.1, -0.05) is 12.1 Å². The molecule has 26 heavy (non-hydrogen) atoms. The maximum Gasteiger partial charge on any atom is 0.335 e. The van der Waals surface area contributed by atoms with Gasteiger partial charge in [0.05, 0.1) is 30.0 Å². The molecule has 3 rings (SSSR count). The van der Waals surface area contributed by atoms with E-state index >= 15 is 0 Å². The van der Waals surface area contributed by atoms with Crippen LogP contribution in [0, 0.1) is 0 Å². The molecule has 1 saturated heterocycles. The number of carboxylic acid groups (broad SMARTS) is 1. The van der Waals surface area contributed by atoms with Gasteiger partial charge in [0.15, 0.2) is 0 Å². The van der Waals surface area contributed by atoms with Gasteiger partial charge in [0.1, 0.15) is 11.8 Å². The Morgan fingerprint density at radius 1 is 1.19 bits per heavy atom. The van der Waals surface area contributed by atoms with E-state index in [0.29, 0.717) is 23.7 Å². The van der Waals surface area contributed by atoms with Gasteiger partial charge in [-0.05, 0) is 43.3 Å². The van der Waals surface area contributed by atoms with Crippen molar-refractivity contribution >= 4 is 29.2 Å². The van der Waals surface area contributed by atoms with Crippen LogP contribution in [0.25, 0.3) is 0 Å². The van der Waals surface area contributed by atoms with Crippen LogP contribution in [0.4, 0.5) is 11.4 Å². The zero-order chi connectivity index (χ0) is 18.7. The van der Waals surface area contributed by atoms with Gasteiger partial charge >= 0.3 is 5.97 Å². The van der Waals surface area contributed by atoms with Gasteiger partial charge in [0.2, 0.25) is 5.91 Å². The summed E-state index contributed by atoms with van der Waals surface area (Å²) in [4.78, 5) is 37.0. The largest absolute Gasteiger partial charge is 0.492 e. The minimum Gasteiger partial charge on any atom is -0.492 e. The molecule has 0 radical (unpaired) electrons. The molecule has 0 unspecified atom stereocenters. The molecule has 1 aliphatic rings. The molecule has 1 atom stereocenters. The van der Waals surface area contributed by atoms with E-state index in [-0.39, 0.29) is 23.8 Å². The first-order valence-corrected chi connectivity index (χ1v) is 8.19. The van der Waals surface area contributed by atoms with Gasteiger partial charge in [-0.15, -0.1) is 0 Å². The molecule has 0 aromatic heterocycles. The number of hydrogen-bond donors (Lipinski definition) is 2. The first kappa shape index (κ1) is 17.5. The maximum absolute atomic E-state index is 12.7. The Hall–Kier alpha value is -3.35. The van der Waals surface area contributed by atoms with Crippen LogP contribution in [0.5, 0.6) is 5.75 Å². The van der Waals surface area contributed by atoms with E-state index in [1.807, 2.05) is 19.1 Å². The topological polar surface area (TPSA) is 95.9 Å². The van der Waals surface area contributed by atoms with Crippen LogP contribution in [0.15, 0.2) is 48.5 Å². The second-order valence-corrected chi connectivity index (χ2v) is 5.75. The Labute approximate surface area is 150 Å². The number of nitrogens with zero attached hydrogens (tertiary/aromatic N) is 1. The summed E-state index contributed by atoms with van der Waals surface area (Å²) in [6, 6.07) is 12.1. The van der Waals surface area contributed by atoms with E-state index in [2.05, 4.69) is 5.32 Å². The van der Waals surface area contributed by atoms with Gasteiger partial charge in [0.25, 0.3) is 5.91 Å². The third-order valence-electron chi connectivity index (χ3n) is 4.04. The molecular formula is C19H18N2O5. The Balaban J connectivity index is 1.80. The molecule has 0 aliphatic carbocycles. The fraction of sp³-hybridized carbons (Fsp3) is 0.211. The second kappa shape index (κ2) is 7.26. The number of amides is 2. The fourth-order valence-corrected chi connectivity index (χ4v) is 2.82. The lowest BCUT2D eigenvalue weighted by molar-refractivity contribution is -0.121. The number of para-hydroxylation sites is 2. The summed E-state index contributed by atoms with van der Waals surface area (Å²) in [5, 5.41) is 12.0. The number of aromatic carboxylic acids is 1. The maximum atomic E-state index is 12.7. The lowest BCUT2D eigenvalue weighted by atomic mass is 10.2. The Bertz CT molecular complexity index is 847. The predicted molar refractivity (Wildman–Crippen MR) is 95.5 cm³/mol. The smallest absolute Gasteiger partial charge is 0.335 e. The highest BCUT2D eigenvalue weighted by Gasteiger charge is 2.39. The molecule has 134 valence electrons. The van der Waals surface area contributed by atoms with Crippen LogP contribution < -0.4 is 15.0 Å². The van der Waals surface area contributed by atoms with Gasteiger partial charge in [-0.3, -0.25) is 9.59 Å². The van der Waals surface area contributed by atoms with Crippen LogP contribution in [0.1, 0.15) is 23.7 Å². The normalized spacial score (nSPS) is 16.7. The molecule has 2 aromatic rings. The lowest BCUT2D eigenvalue weighted by Gasteiger charge is -2.17. The Morgan fingerprint density at radius 3 is 2.54 bits per heavy atom. The van der Waals surface area contributed by atoms with Crippen LogP contribution in [0.2, 0.25) is 0 Å². The summed E-state index contributed by atoms with van der Waals surface area (Å²) in [5.41, 5.74) is 1.09. The van der Waals surface area contributed by atoms with Gasteiger partial charge in [-0.2, -0.15) is 0 Å². The molecule has 7 nitrogen and oxygen atoms in total. The zero-order valence-electron chi connectivity index (χ0n) is 14.1. The molecule has 7 heteroatoms. The van der Waals surface area contributed by atoms with E-state index < -0.39 is 12.0 Å². The van der Waals surface area contributed by atoms with Crippen molar-refractivity contribution in [1.82, 2.24) is 0 Å². The first-order valence-electron chi connectivity index (χ1n) is 8.19. The van der Waals surface area contributed by atoms with E-state index in [0.717, 1.165) is 4.90 Å². The van der Waals surface area contributed by atoms with Crippen molar-refractivity contribution in [2.75, 3.05) is 16.8 Å². The summed E-state index contributed by atoms with van der Waals surface area (Å²) in [5.74, 6) is -1.18. The minimum absolute atomic E-state index is 0.0139. The van der Waals surface area contributed by atoms with E-state index in [1.54, 1.807) is 12.1 Å². The number of carboxylic acids is 1. The van der Waals surface area contributed by atoms with Crippen molar-refractivity contribution in [3.63, 3.8) is 0 Å². The third-order valence-corrected chi connectivity index (χ3v) is 4.04. The number of imide groups is 1. The number of ether oxygens (including phenoxy) is 1. The summed E-state index contributed by atoms with van der Waals surface area (Å²) < 4.78 is 5.53. The van der Waals surface area contributed by atoms with Crippen molar-refractivity contribution in [2.45, 2.75) is 19.4 Å². The highest BCUT2D eigenvalue weighted by Crippen LogP contribution is 2.29. The van der Waals surface area contributed by atoms with Crippen LogP contribution in [0.3, 0.4) is 0 Å². The zero-order valence-corrected chi connectivity index (χ0v) is 14.1. The summed E-state index contributed by atoms with van der Waals surface area (Å²) >= 11 is 0. The van der Waals surface area contributed by atoms with E-state index in [9.17, 15) is 14.4 Å². The number of rotatable bonds is 6. The molecule has 2 N–H and O–H groups in total. The lowest BCUT2D eigenvalue weighted by Crippen LogP contribution is -2.34. The molecule has 1 heterocycles. The van der Waals surface area contributed by atoms with Crippen molar-refractivity contribution in [3.05, 3.63) is 54.1 Å². The Kier molecular flexibility index (Phi) is 4.88. The summed E-state index contributed by atoms with van der Waals surface area (Å²) in [6.07, 6.45) is 0.0139. The number of carbonyl (C=O) groups excluding carboxylic acids is 2. The molecule has 1 aliphatic heterocycles. The van der Waals surface area contributed by atoms with E-state index in [1.165, 1.54) is 24.3 Å². The van der Waals surface area contributed by atoms with Crippen molar-refractivity contribution in [1.29, 1.82) is 0 Å². The molecule has 0 saturated carbocycles. The Morgan fingerprint density at radius 2 is 1.88 bits per heavy atom. The fourth-order valence-electron chi connectivity index (χ4n) is 2.82. The predicted octanol–water partition coefficient (Wildman–Crippen LogP) is 2.53. The average Bonchev–Trinajstić information content (AvgIpc) is 2.90. The summed E-state index contributed by atoms with van der Waals surface area (Å²) in [6.45, 7) is 2.35. The van der Waals surface area contributed by atoms with Crippen LogP contribution in [-0.4, -0.2) is 35.5 Å². The van der Waals surface area contributed by atoms with Gasteiger partial charge in [0, 0.05) is 0 Å². The first-order chi connectivity index (χ1) is 12.5. The SMILES string of the molecule is CCOc1ccccc1N[C@@H]1CC(=O)N(c2ccc(C(=O)O)cc2)C1=O. The highest BCUT2D eigenvalue weighted by atomic mass is 16.5. The number of benzene rings is 2. The van der Waals surface area contributed by atoms with Gasteiger partial charge in [-0.25, -0.2) is 9.69 Å². The molecule has 0 spiro atoms. The third kappa shape index (κ3) is 3.37. The average molecular weight is 354 g/mol. The quantitative estimate of drug-likeness (QED) is 0.774. The number of carbonyl (C=O) groups is 3. The number of hydrogen-bond acceptors (Lipinski definition) is 5. The summed E-state index contributed by atoms with van der Waals surface area (Å²) in [7, 11) is 0. The van der Waals surface area contributed by atoms with Crippen molar-refractivity contribution in [2.24, 2.45) is 0 Å².